The van der Waals surface area contributed by atoms with E-state index in [2.05, 4.69) is 4.98 Å². The lowest BCUT2D eigenvalue weighted by atomic mass is 10.0. The first-order chi connectivity index (χ1) is 8.59. The van der Waals surface area contributed by atoms with E-state index < -0.39 is 6.23 Å². The minimum absolute atomic E-state index is 0.589. The van der Waals surface area contributed by atoms with Gasteiger partial charge in [0, 0.05) is 11.8 Å². The van der Waals surface area contributed by atoms with Crippen molar-refractivity contribution in [2.45, 2.75) is 13.2 Å². The van der Waals surface area contributed by atoms with Gasteiger partial charge in [-0.2, -0.15) is 0 Å². The molecule has 2 aromatic rings. The summed E-state index contributed by atoms with van der Waals surface area (Å²) in [7, 11) is 3.70. The van der Waals surface area contributed by atoms with Crippen LogP contribution in [0.15, 0.2) is 42.6 Å². The van der Waals surface area contributed by atoms with Gasteiger partial charge in [0.25, 0.3) is 0 Å². The van der Waals surface area contributed by atoms with Gasteiger partial charge in [-0.1, -0.05) is 24.3 Å². The Kier molecular flexibility index (Phi) is 3.75. The number of rotatable bonds is 3. The van der Waals surface area contributed by atoms with E-state index in [1.807, 2.05) is 57.4 Å². The van der Waals surface area contributed by atoms with E-state index in [1.165, 1.54) is 0 Å². The molecule has 2 rings (SSSR count). The molecule has 1 aromatic heterocycles. The maximum absolute atomic E-state index is 10.0. The van der Waals surface area contributed by atoms with E-state index in [0.29, 0.717) is 0 Å². The lowest BCUT2D eigenvalue weighted by molar-refractivity contribution is 0.0396. The smallest absolute Gasteiger partial charge is 0.133 e. The highest BCUT2D eigenvalue weighted by molar-refractivity contribution is 5.63. The number of benzene rings is 1. The summed E-state index contributed by atoms with van der Waals surface area (Å²) in [5.41, 5.74) is 4.01. The fourth-order valence-corrected chi connectivity index (χ4v) is 1.93. The maximum atomic E-state index is 10.0. The number of hydrogen-bond donors (Lipinski definition) is 1. The summed E-state index contributed by atoms with van der Waals surface area (Å²) in [5.74, 6) is 0. The number of aromatic nitrogens is 1. The zero-order valence-corrected chi connectivity index (χ0v) is 11.0. The molecule has 0 amide bonds. The van der Waals surface area contributed by atoms with E-state index >= 15 is 0 Å². The zero-order valence-electron chi connectivity index (χ0n) is 11.0. The first-order valence-corrected chi connectivity index (χ1v) is 5.96. The van der Waals surface area contributed by atoms with Gasteiger partial charge in [-0.15, -0.1) is 0 Å². The first kappa shape index (κ1) is 12.7. The number of aliphatic hydroxyl groups excluding tert-OH is 1. The number of hydrogen-bond acceptors (Lipinski definition) is 3. The van der Waals surface area contributed by atoms with E-state index in [1.54, 1.807) is 11.1 Å². The van der Waals surface area contributed by atoms with Gasteiger partial charge >= 0.3 is 0 Å². The van der Waals surface area contributed by atoms with Crippen LogP contribution in [-0.2, 0) is 0 Å². The fourth-order valence-electron chi connectivity index (χ4n) is 1.93. The van der Waals surface area contributed by atoms with Crippen molar-refractivity contribution in [2.75, 3.05) is 14.1 Å². The number of nitrogens with zero attached hydrogens (tertiary/aromatic N) is 2. The molecule has 18 heavy (non-hydrogen) atoms. The molecule has 0 bridgehead atoms. The van der Waals surface area contributed by atoms with Gasteiger partial charge in [-0.3, -0.25) is 9.88 Å². The Morgan fingerprint density at radius 2 is 1.94 bits per heavy atom. The van der Waals surface area contributed by atoms with Crippen molar-refractivity contribution in [1.82, 2.24) is 9.88 Å². The lowest BCUT2D eigenvalue weighted by Gasteiger charge is -2.19. The minimum atomic E-state index is -0.589. The van der Waals surface area contributed by atoms with Crippen LogP contribution in [0.1, 0.15) is 17.4 Å². The van der Waals surface area contributed by atoms with Crippen molar-refractivity contribution in [3.63, 3.8) is 0 Å². The molecule has 0 aliphatic heterocycles. The summed E-state index contributed by atoms with van der Waals surface area (Å²) in [6, 6.07) is 11.8. The average molecular weight is 242 g/mol. The predicted octanol–water partition coefficient (Wildman–Crippen LogP) is 2.61. The maximum Gasteiger partial charge on any atom is 0.133 e. The SMILES string of the molecule is Cc1cccnc1-c1cccc(C(O)N(C)C)c1. The third-order valence-electron chi connectivity index (χ3n) is 2.96. The molecule has 0 aliphatic rings. The molecule has 3 heteroatoms. The Balaban J connectivity index is 2.42. The topological polar surface area (TPSA) is 36.4 Å². The van der Waals surface area contributed by atoms with Crippen LogP contribution >= 0.6 is 0 Å². The van der Waals surface area contributed by atoms with Gasteiger partial charge < -0.3 is 5.11 Å². The zero-order chi connectivity index (χ0) is 13.1. The van der Waals surface area contributed by atoms with Gasteiger partial charge in [0.15, 0.2) is 0 Å². The van der Waals surface area contributed by atoms with Crippen molar-refractivity contribution in [1.29, 1.82) is 0 Å². The molecule has 1 N–H and O–H groups in total. The lowest BCUT2D eigenvalue weighted by Crippen LogP contribution is -2.19. The van der Waals surface area contributed by atoms with E-state index in [9.17, 15) is 5.11 Å². The van der Waals surface area contributed by atoms with Crippen LogP contribution in [-0.4, -0.2) is 29.1 Å². The molecule has 0 aliphatic carbocycles. The van der Waals surface area contributed by atoms with Gasteiger partial charge in [-0.05, 0) is 44.3 Å². The average Bonchev–Trinajstić information content (AvgIpc) is 2.38. The Labute approximate surface area is 108 Å². The fraction of sp³-hybridized carbons (Fsp3) is 0.267. The third kappa shape index (κ3) is 2.58. The Hall–Kier alpha value is -1.71. The molecule has 0 radical (unpaired) electrons. The summed E-state index contributed by atoms with van der Waals surface area (Å²) in [6.45, 7) is 2.04. The minimum Gasteiger partial charge on any atom is -0.374 e. The summed E-state index contributed by atoms with van der Waals surface area (Å²) in [4.78, 5) is 6.17. The molecule has 0 saturated carbocycles. The van der Waals surface area contributed by atoms with Crippen LogP contribution in [0.5, 0.6) is 0 Å². The molecule has 1 atom stereocenters. The molecule has 1 heterocycles. The molecule has 0 spiro atoms. The van der Waals surface area contributed by atoms with Crippen LogP contribution in [0.4, 0.5) is 0 Å². The molecule has 1 unspecified atom stereocenters. The van der Waals surface area contributed by atoms with Crippen LogP contribution in [0, 0.1) is 6.92 Å². The van der Waals surface area contributed by atoms with Crippen LogP contribution in [0.25, 0.3) is 11.3 Å². The van der Waals surface area contributed by atoms with Crippen LogP contribution < -0.4 is 0 Å². The predicted molar refractivity (Wildman–Crippen MR) is 73.1 cm³/mol. The summed E-state index contributed by atoms with van der Waals surface area (Å²) < 4.78 is 0. The van der Waals surface area contributed by atoms with Crippen molar-refractivity contribution >= 4 is 0 Å². The Morgan fingerprint density at radius 3 is 2.61 bits per heavy atom. The van der Waals surface area contributed by atoms with E-state index in [0.717, 1.165) is 22.4 Å². The summed E-state index contributed by atoms with van der Waals surface area (Å²) in [6.07, 6.45) is 1.20. The Bertz CT molecular complexity index is 538. The highest BCUT2D eigenvalue weighted by atomic mass is 16.3. The standard InChI is InChI=1S/C15H18N2O/c1-11-6-5-9-16-14(11)12-7-4-8-13(10-12)15(18)17(2)3/h4-10,15,18H,1-3H3. The molecule has 3 nitrogen and oxygen atoms in total. The largest absolute Gasteiger partial charge is 0.374 e. The van der Waals surface area contributed by atoms with Crippen molar-refractivity contribution < 1.29 is 5.11 Å². The van der Waals surface area contributed by atoms with Crippen molar-refractivity contribution in [2.24, 2.45) is 0 Å². The van der Waals surface area contributed by atoms with E-state index in [4.69, 9.17) is 0 Å². The monoisotopic (exact) mass is 242 g/mol. The van der Waals surface area contributed by atoms with Gasteiger partial charge in [0.2, 0.25) is 0 Å². The summed E-state index contributed by atoms with van der Waals surface area (Å²) >= 11 is 0. The second kappa shape index (κ2) is 5.29. The number of aliphatic hydroxyl groups is 1. The molecular formula is C15H18N2O. The highest BCUT2D eigenvalue weighted by Crippen LogP contribution is 2.24. The molecular weight excluding hydrogens is 224 g/mol. The molecule has 0 saturated heterocycles. The normalized spacial score (nSPS) is 12.7. The van der Waals surface area contributed by atoms with Crippen LogP contribution in [0.2, 0.25) is 0 Å². The van der Waals surface area contributed by atoms with Gasteiger partial charge in [-0.25, -0.2) is 0 Å². The number of aryl methyl sites for hydroxylation is 1. The summed E-state index contributed by atoms with van der Waals surface area (Å²) in [5, 5.41) is 10.0. The quantitative estimate of drug-likeness (QED) is 0.840. The molecule has 94 valence electrons. The second-order valence-corrected chi connectivity index (χ2v) is 4.63. The first-order valence-electron chi connectivity index (χ1n) is 5.96. The van der Waals surface area contributed by atoms with Gasteiger partial charge in [0.05, 0.1) is 5.69 Å². The molecule has 1 aromatic carbocycles. The Morgan fingerprint density at radius 1 is 1.17 bits per heavy atom. The van der Waals surface area contributed by atoms with E-state index in [-0.39, 0.29) is 0 Å². The second-order valence-electron chi connectivity index (χ2n) is 4.63. The van der Waals surface area contributed by atoms with Gasteiger partial charge in [0.1, 0.15) is 6.23 Å². The third-order valence-corrected chi connectivity index (χ3v) is 2.96. The number of pyridine rings is 1. The molecule has 0 fully saturated rings. The highest BCUT2D eigenvalue weighted by Gasteiger charge is 2.11. The van der Waals surface area contributed by atoms with Crippen LogP contribution in [0.3, 0.4) is 0 Å². The van der Waals surface area contributed by atoms with Crippen molar-refractivity contribution in [3.05, 3.63) is 53.7 Å². The van der Waals surface area contributed by atoms with Crippen molar-refractivity contribution in [3.8, 4) is 11.3 Å².